The Hall–Kier alpha value is -2.16. The van der Waals surface area contributed by atoms with E-state index in [1.807, 2.05) is 0 Å². The van der Waals surface area contributed by atoms with Gasteiger partial charge in [-0.2, -0.15) is 18.2 Å². The van der Waals surface area contributed by atoms with Crippen molar-refractivity contribution in [3.8, 4) is 0 Å². The Morgan fingerprint density at radius 2 is 2.14 bits per heavy atom. The average Bonchev–Trinajstić information content (AvgIpc) is 2.88. The number of alkyl halides is 3. The van der Waals surface area contributed by atoms with Gasteiger partial charge in [-0.1, -0.05) is 16.8 Å². The molecule has 112 valence electrons. The van der Waals surface area contributed by atoms with Crippen LogP contribution in [-0.4, -0.2) is 33.0 Å². The van der Waals surface area contributed by atoms with Gasteiger partial charge in [0.1, 0.15) is 11.4 Å². The number of pyridine rings is 1. The molecule has 0 aliphatic rings. The first-order valence-electron chi connectivity index (χ1n) is 5.53. The molecule has 6 nitrogen and oxygen atoms in total. The molecule has 0 bridgehead atoms. The zero-order chi connectivity index (χ0) is 15.6. The average molecular weight is 321 g/mol. The Morgan fingerprint density at radius 3 is 2.71 bits per heavy atom. The smallest absolute Gasteiger partial charge is 0.343 e. The van der Waals surface area contributed by atoms with Gasteiger partial charge in [0.05, 0.1) is 6.54 Å². The second kappa shape index (κ2) is 5.68. The van der Waals surface area contributed by atoms with Gasteiger partial charge in [0, 0.05) is 12.1 Å². The van der Waals surface area contributed by atoms with E-state index in [2.05, 4.69) is 19.6 Å². The summed E-state index contributed by atoms with van der Waals surface area (Å²) in [5.41, 5.74) is -1.65. The lowest BCUT2D eigenvalue weighted by molar-refractivity contribution is -0.141. The van der Waals surface area contributed by atoms with Crippen molar-refractivity contribution in [1.29, 1.82) is 0 Å². The third-order valence-corrected chi connectivity index (χ3v) is 2.65. The van der Waals surface area contributed by atoms with E-state index < -0.39 is 23.5 Å². The number of rotatable bonds is 3. The quantitative estimate of drug-likeness (QED) is 0.868. The lowest BCUT2D eigenvalue weighted by Crippen LogP contribution is -2.28. The molecule has 0 fully saturated rings. The van der Waals surface area contributed by atoms with Crippen LogP contribution >= 0.6 is 11.6 Å². The van der Waals surface area contributed by atoms with Crippen LogP contribution in [0.4, 0.5) is 13.2 Å². The monoisotopic (exact) mass is 320 g/mol. The number of halogens is 4. The van der Waals surface area contributed by atoms with Crippen molar-refractivity contribution in [3.05, 3.63) is 40.8 Å². The maximum Gasteiger partial charge on any atom is 0.433 e. The second-order valence-corrected chi connectivity index (χ2v) is 4.50. The summed E-state index contributed by atoms with van der Waals surface area (Å²) in [7, 11) is 1.37. The number of hydrogen-bond donors (Lipinski definition) is 0. The van der Waals surface area contributed by atoms with Crippen molar-refractivity contribution in [2.24, 2.45) is 0 Å². The number of amides is 1. The molecule has 0 aliphatic carbocycles. The van der Waals surface area contributed by atoms with Gasteiger partial charge in [0.15, 0.2) is 5.82 Å². The molecule has 0 saturated heterocycles. The summed E-state index contributed by atoms with van der Waals surface area (Å²) in [6.07, 6.45) is -3.61. The molecule has 2 aromatic heterocycles. The van der Waals surface area contributed by atoms with Gasteiger partial charge in [-0.25, -0.2) is 4.98 Å². The summed E-state index contributed by atoms with van der Waals surface area (Å²) in [5.74, 6) is -0.531. The van der Waals surface area contributed by atoms with E-state index in [4.69, 9.17) is 11.6 Å². The predicted molar refractivity (Wildman–Crippen MR) is 64.3 cm³/mol. The highest BCUT2D eigenvalue weighted by Crippen LogP contribution is 2.29. The molecule has 0 atom stereocenters. The molecule has 1 amide bonds. The van der Waals surface area contributed by atoms with Crippen LogP contribution in [-0.2, 0) is 12.7 Å². The summed E-state index contributed by atoms with van der Waals surface area (Å²) in [6.45, 7) is -0.0368. The number of aromatic nitrogens is 3. The summed E-state index contributed by atoms with van der Waals surface area (Å²) in [5, 5.41) is 3.27. The van der Waals surface area contributed by atoms with Crippen LogP contribution < -0.4 is 0 Å². The van der Waals surface area contributed by atoms with E-state index in [-0.39, 0.29) is 17.4 Å². The minimum absolute atomic E-state index is 0.0368. The Kier molecular flexibility index (Phi) is 4.12. The van der Waals surface area contributed by atoms with Crippen LogP contribution in [0.5, 0.6) is 0 Å². The summed E-state index contributed by atoms with van der Waals surface area (Å²) in [4.78, 5) is 20.2. The first-order chi connectivity index (χ1) is 9.77. The molecule has 0 saturated carbocycles. The minimum atomic E-state index is -4.69. The summed E-state index contributed by atoms with van der Waals surface area (Å²) in [6, 6.07) is 1.71. The van der Waals surface area contributed by atoms with E-state index >= 15 is 0 Å². The van der Waals surface area contributed by atoms with E-state index in [9.17, 15) is 18.0 Å². The molecule has 2 heterocycles. The number of carbonyl (C=O) groups is 1. The number of nitrogens with zero attached hydrogens (tertiary/aromatic N) is 4. The molecule has 0 unspecified atom stereocenters. The van der Waals surface area contributed by atoms with Crippen LogP contribution in [0, 0.1) is 0 Å². The first-order valence-corrected chi connectivity index (χ1v) is 5.90. The lowest BCUT2D eigenvalue weighted by atomic mass is 10.2. The van der Waals surface area contributed by atoms with Gasteiger partial charge >= 0.3 is 6.18 Å². The highest BCUT2D eigenvalue weighted by atomic mass is 35.5. The lowest BCUT2D eigenvalue weighted by Gasteiger charge is -2.15. The van der Waals surface area contributed by atoms with Crippen LogP contribution in [0.25, 0.3) is 0 Å². The predicted octanol–water partition coefficient (Wildman–Crippen LogP) is 2.41. The molecule has 0 aliphatic heterocycles. The first kappa shape index (κ1) is 15.2. The van der Waals surface area contributed by atoms with E-state index in [0.29, 0.717) is 6.07 Å². The Labute approximate surface area is 121 Å². The van der Waals surface area contributed by atoms with Crippen molar-refractivity contribution < 1.29 is 22.5 Å². The molecule has 0 spiro atoms. The van der Waals surface area contributed by atoms with Crippen molar-refractivity contribution in [2.45, 2.75) is 12.7 Å². The highest BCUT2D eigenvalue weighted by molar-refractivity contribution is 6.30. The zero-order valence-electron chi connectivity index (χ0n) is 10.6. The molecule has 2 rings (SSSR count). The van der Waals surface area contributed by atoms with Crippen LogP contribution in [0.1, 0.15) is 22.0 Å². The maximum absolute atomic E-state index is 12.6. The Balaban J connectivity index is 2.24. The Morgan fingerprint density at radius 1 is 1.43 bits per heavy atom. The maximum atomic E-state index is 12.6. The van der Waals surface area contributed by atoms with Gasteiger partial charge in [-0.15, -0.1) is 0 Å². The highest BCUT2D eigenvalue weighted by Gasteiger charge is 2.34. The molecule has 10 heteroatoms. The van der Waals surface area contributed by atoms with Gasteiger partial charge in [-0.05, 0) is 12.1 Å². The third kappa shape index (κ3) is 3.69. The summed E-state index contributed by atoms with van der Waals surface area (Å²) >= 11 is 5.60. The second-order valence-electron chi connectivity index (χ2n) is 4.06. The summed E-state index contributed by atoms with van der Waals surface area (Å²) < 4.78 is 42.4. The molecule has 2 aromatic rings. The van der Waals surface area contributed by atoms with Gasteiger partial charge in [0.25, 0.3) is 5.91 Å². The molecule has 0 aromatic carbocycles. The molecular formula is C11H8ClF3N4O2. The van der Waals surface area contributed by atoms with E-state index in [1.165, 1.54) is 7.05 Å². The van der Waals surface area contributed by atoms with Crippen molar-refractivity contribution in [2.75, 3.05) is 7.05 Å². The fourth-order valence-electron chi connectivity index (χ4n) is 1.49. The van der Waals surface area contributed by atoms with Gasteiger partial charge in [-0.3, -0.25) is 4.79 Å². The molecule has 0 N–H and O–H groups in total. The normalized spacial score (nSPS) is 11.5. The number of hydrogen-bond acceptors (Lipinski definition) is 5. The largest absolute Gasteiger partial charge is 0.433 e. The standard InChI is InChI=1S/C11H8ClF3N4O2/c1-19(4-9-16-5-21-18-9)10(20)7-2-6(12)3-8(17-7)11(13,14)15/h2-3,5H,4H2,1H3. The fourth-order valence-corrected chi connectivity index (χ4v) is 1.70. The van der Waals surface area contributed by atoms with Gasteiger partial charge < -0.3 is 9.42 Å². The van der Waals surface area contributed by atoms with E-state index in [1.54, 1.807) is 0 Å². The molecule has 0 radical (unpaired) electrons. The Bertz CT molecular complexity index is 645. The third-order valence-electron chi connectivity index (χ3n) is 2.43. The molecule has 21 heavy (non-hydrogen) atoms. The minimum Gasteiger partial charge on any atom is -0.343 e. The zero-order valence-corrected chi connectivity index (χ0v) is 11.3. The van der Waals surface area contributed by atoms with Crippen LogP contribution in [0.3, 0.4) is 0 Å². The van der Waals surface area contributed by atoms with Crippen molar-refractivity contribution in [1.82, 2.24) is 20.0 Å². The topological polar surface area (TPSA) is 72.1 Å². The number of carbonyl (C=O) groups excluding carboxylic acids is 1. The van der Waals surface area contributed by atoms with Crippen molar-refractivity contribution in [3.63, 3.8) is 0 Å². The fraction of sp³-hybridized carbons (Fsp3) is 0.273. The van der Waals surface area contributed by atoms with Crippen LogP contribution in [0.15, 0.2) is 23.0 Å². The SMILES string of the molecule is CN(Cc1ncon1)C(=O)c1cc(Cl)cc(C(F)(F)F)n1. The van der Waals surface area contributed by atoms with E-state index in [0.717, 1.165) is 17.4 Å². The van der Waals surface area contributed by atoms with Crippen molar-refractivity contribution >= 4 is 17.5 Å². The molecular weight excluding hydrogens is 313 g/mol. The van der Waals surface area contributed by atoms with Crippen LogP contribution in [0.2, 0.25) is 5.02 Å². The van der Waals surface area contributed by atoms with Gasteiger partial charge in [0.2, 0.25) is 6.39 Å².